The van der Waals surface area contributed by atoms with Crippen LogP contribution in [0.25, 0.3) is 17.0 Å². The third-order valence-electron chi connectivity index (χ3n) is 5.59. The predicted molar refractivity (Wildman–Crippen MR) is 143 cm³/mol. The van der Waals surface area contributed by atoms with Gasteiger partial charge in [-0.1, -0.05) is 46.3 Å². The standard InChI is InChI=1S/C26H24BrN3O5S/c1-35-11-5-10-28-24(32)16-29-14-18(20-13-19(27)8-9-21(20)29)12-23-25(33)30(26(34)36-23)15-22(31)17-6-3-2-4-7-17/h2-4,6-9,12-14H,5,10-11,15-16H2,1H3,(H,28,32)/b23-12-. The molecule has 8 nitrogen and oxygen atoms in total. The lowest BCUT2D eigenvalue weighted by atomic mass is 10.1. The Morgan fingerprint density at radius 3 is 2.64 bits per heavy atom. The Balaban J connectivity index is 1.56. The lowest BCUT2D eigenvalue weighted by Crippen LogP contribution is -2.33. The Hall–Kier alpha value is -3.21. The fraction of sp³-hybridized carbons (Fsp3) is 0.231. The molecule has 0 saturated carbocycles. The first-order valence-corrected chi connectivity index (χ1v) is 12.9. The number of halogens is 1. The van der Waals surface area contributed by atoms with Crippen molar-refractivity contribution in [2.45, 2.75) is 13.0 Å². The molecule has 10 heteroatoms. The number of hydrogen-bond donors (Lipinski definition) is 1. The Morgan fingerprint density at radius 1 is 1.11 bits per heavy atom. The number of rotatable bonds is 10. The van der Waals surface area contributed by atoms with Gasteiger partial charge in [0.1, 0.15) is 6.54 Å². The molecular formula is C26H24BrN3O5S. The highest BCUT2D eigenvalue weighted by atomic mass is 79.9. The van der Waals surface area contributed by atoms with E-state index in [9.17, 15) is 19.2 Å². The molecule has 1 aromatic heterocycles. The lowest BCUT2D eigenvalue weighted by molar-refractivity contribution is -0.122. The Kier molecular flexibility index (Phi) is 8.40. The summed E-state index contributed by atoms with van der Waals surface area (Å²) in [4.78, 5) is 51.8. The van der Waals surface area contributed by atoms with Crippen molar-refractivity contribution >= 4 is 67.5 Å². The van der Waals surface area contributed by atoms with Gasteiger partial charge in [0.25, 0.3) is 11.1 Å². The summed E-state index contributed by atoms with van der Waals surface area (Å²) in [6.45, 7) is 0.866. The number of amides is 3. The SMILES string of the molecule is COCCCNC(=O)Cn1cc(/C=C2\SC(=O)N(CC(=O)c3ccccc3)C2=O)c2cc(Br)ccc21. The molecule has 3 amide bonds. The van der Waals surface area contributed by atoms with Gasteiger partial charge in [-0.25, -0.2) is 0 Å². The van der Waals surface area contributed by atoms with E-state index in [1.165, 1.54) is 0 Å². The second-order valence-electron chi connectivity index (χ2n) is 8.13. The summed E-state index contributed by atoms with van der Waals surface area (Å²) < 4.78 is 7.65. The maximum absolute atomic E-state index is 13.0. The molecule has 0 bridgehead atoms. The van der Waals surface area contributed by atoms with E-state index in [-0.39, 0.29) is 29.7 Å². The molecule has 0 aliphatic carbocycles. The molecule has 0 unspecified atom stereocenters. The predicted octanol–water partition coefficient (Wildman–Crippen LogP) is 4.48. The van der Waals surface area contributed by atoms with Crippen LogP contribution in [0.3, 0.4) is 0 Å². The molecule has 1 aliphatic rings. The minimum Gasteiger partial charge on any atom is -0.385 e. The quantitative estimate of drug-likeness (QED) is 0.220. The zero-order valence-corrected chi connectivity index (χ0v) is 21.9. The lowest BCUT2D eigenvalue weighted by Gasteiger charge is -2.11. The number of nitrogens with zero attached hydrogens (tertiary/aromatic N) is 2. The molecule has 186 valence electrons. The molecule has 1 fully saturated rings. The van der Waals surface area contributed by atoms with E-state index in [0.29, 0.717) is 24.3 Å². The van der Waals surface area contributed by atoms with E-state index in [0.717, 1.165) is 38.5 Å². The number of Topliss-reactive ketones (excluding diaryl/α,β-unsaturated/α-hetero) is 1. The van der Waals surface area contributed by atoms with Crippen molar-refractivity contribution < 1.29 is 23.9 Å². The monoisotopic (exact) mass is 569 g/mol. The molecule has 1 aliphatic heterocycles. The fourth-order valence-corrected chi connectivity index (χ4v) is 5.02. The van der Waals surface area contributed by atoms with Gasteiger partial charge < -0.3 is 14.6 Å². The topological polar surface area (TPSA) is 97.7 Å². The van der Waals surface area contributed by atoms with E-state index in [2.05, 4.69) is 21.2 Å². The fourth-order valence-electron chi connectivity index (χ4n) is 3.83. The number of ether oxygens (including phenoxy) is 1. The summed E-state index contributed by atoms with van der Waals surface area (Å²) in [6.07, 6.45) is 4.14. The van der Waals surface area contributed by atoms with Gasteiger partial charge in [-0.05, 0) is 42.5 Å². The van der Waals surface area contributed by atoms with Crippen LogP contribution >= 0.6 is 27.7 Å². The van der Waals surface area contributed by atoms with Crippen molar-refractivity contribution in [3.05, 3.63) is 75.2 Å². The van der Waals surface area contributed by atoms with Crippen LogP contribution in [0.5, 0.6) is 0 Å². The molecule has 3 aromatic rings. The summed E-state index contributed by atoms with van der Waals surface area (Å²) in [5.74, 6) is -0.963. The smallest absolute Gasteiger partial charge is 0.293 e. The van der Waals surface area contributed by atoms with Crippen LogP contribution in [-0.2, 0) is 20.9 Å². The summed E-state index contributed by atoms with van der Waals surface area (Å²) in [7, 11) is 1.61. The number of benzene rings is 2. The number of carbonyl (C=O) groups excluding carboxylic acids is 4. The first-order valence-electron chi connectivity index (χ1n) is 11.2. The number of aromatic nitrogens is 1. The van der Waals surface area contributed by atoms with Crippen LogP contribution in [0.2, 0.25) is 0 Å². The van der Waals surface area contributed by atoms with Gasteiger partial charge >= 0.3 is 0 Å². The van der Waals surface area contributed by atoms with E-state index in [4.69, 9.17) is 4.74 Å². The highest BCUT2D eigenvalue weighted by Crippen LogP contribution is 2.35. The number of imide groups is 1. The summed E-state index contributed by atoms with van der Waals surface area (Å²) in [6, 6.07) is 14.2. The second kappa shape index (κ2) is 11.7. The number of carbonyl (C=O) groups is 4. The number of thioether (sulfide) groups is 1. The van der Waals surface area contributed by atoms with E-state index in [1.54, 1.807) is 49.7 Å². The molecule has 2 aromatic carbocycles. The zero-order valence-electron chi connectivity index (χ0n) is 19.5. The number of nitrogens with one attached hydrogen (secondary N) is 1. The molecular weight excluding hydrogens is 546 g/mol. The number of hydrogen-bond acceptors (Lipinski definition) is 6. The maximum Gasteiger partial charge on any atom is 0.293 e. The Morgan fingerprint density at radius 2 is 1.89 bits per heavy atom. The number of methoxy groups -OCH3 is 1. The van der Waals surface area contributed by atoms with Crippen molar-refractivity contribution in [1.29, 1.82) is 0 Å². The first kappa shape index (κ1) is 25.9. The van der Waals surface area contributed by atoms with Gasteiger partial charge in [0.05, 0.1) is 11.4 Å². The minimum absolute atomic E-state index is 0.103. The van der Waals surface area contributed by atoms with Crippen molar-refractivity contribution in [1.82, 2.24) is 14.8 Å². The minimum atomic E-state index is -0.513. The number of fused-ring (bicyclic) bond motifs is 1. The van der Waals surface area contributed by atoms with Crippen LogP contribution in [0.15, 0.2) is 64.1 Å². The van der Waals surface area contributed by atoms with Gasteiger partial charge in [0, 0.05) is 53.0 Å². The van der Waals surface area contributed by atoms with Gasteiger partial charge in [0.15, 0.2) is 5.78 Å². The molecule has 2 heterocycles. The van der Waals surface area contributed by atoms with E-state index < -0.39 is 11.1 Å². The van der Waals surface area contributed by atoms with Gasteiger partial charge in [-0.2, -0.15) is 0 Å². The third-order valence-corrected chi connectivity index (χ3v) is 6.99. The van der Waals surface area contributed by atoms with Crippen LogP contribution in [0.4, 0.5) is 4.79 Å². The van der Waals surface area contributed by atoms with Crippen molar-refractivity contribution in [2.24, 2.45) is 0 Å². The summed E-state index contributed by atoms with van der Waals surface area (Å²) >= 11 is 4.28. The van der Waals surface area contributed by atoms with Gasteiger partial charge in [-0.15, -0.1) is 0 Å². The highest BCUT2D eigenvalue weighted by molar-refractivity contribution is 9.10. The summed E-state index contributed by atoms with van der Waals surface area (Å²) in [5, 5.41) is 3.20. The van der Waals surface area contributed by atoms with Gasteiger partial charge in [-0.3, -0.25) is 24.1 Å². The Labute approximate surface area is 220 Å². The molecule has 4 rings (SSSR count). The van der Waals surface area contributed by atoms with Crippen LogP contribution in [0.1, 0.15) is 22.3 Å². The van der Waals surface area contributed by atoms with E-state index >= 15 is 0 Å². The molecule has 0 atom stereocenters. The average molecular weight is 570 g/mol. The van der Waals surface area contributed by atoms with Crippen molar-refractivity contribution in [2.75, 3.05) is 26.8 Å². The average Bonchev–Trinajstić information content (AvgIpc) is 3.33. The van der Waals surface area contributed by atoms with Crippen LogP contribution < -0.4 is 5.32 Å². The van der Waals surface area contributed by atoms with Crippen molar-refractivity contribution in [3.63, 3.8) is 0 Å². The van der Waals surface area contributed by atoms with Crippen LogP contribution in [-0.4, -0.2) is 59.1 Å². The third kappa shape index (κ3) is 5.95. The highest BCUT2D eigenvalue weighted by Gasteiger charge is 2.36. The molecule has 0 spiro atoms. The summed E-state index contributed by atoms with van der Waals surface area (Å²) in [5.41, 5.74) is 1.95. The molecule has 1 saturated heterocycles. The van der Waals surface area contributed by atoms with Crippen LogP contribution in [0, 0.1) is 0 Å². The molecule has 0 radical (unpaired) electrons. The zero-order chi connectivity index (χ0) is 25.7. The maximum atomic E-state index is 13.0. The number of ketones is 1. The second-order valence-corrected chi connectivity index (χ2v) is 10.0. The molecule has 36 heavy (non-hydrogen) atoms. The normalized spacial score (nSPS) is 14.7. The van der Waals surface area contributed by atoms with Gasteiger partial charge in [0.2, 0.25) is 5.91 Å². The van der Waals surface area contributed by atoms with Crippen molar-refractivity contribution in [3.8, 4) is 0 Å². The van der Waals surface area contributed by atoms with E-state index in [1.807, 2.05) is 22.8 Å². The largest absolute Gasteiger partial charge is 0.385 e. The molecule has 1 N–H and O–H groups in total. The first-order chi connectivity index (χ1) is 17.4. The Bertz CT molecular complexity index is 1350.